The second-order valence-electron chi connectivity index (χ2n) is 5.46. The summed E-state index contributed by atoms with van der Waals surface area (Å²) in [4.78, 5) is 13.1. The van der Waals surface area contributed by atoms with Crippen LogP contribution in [0.15, 0.2) is 18.2 Å². The molecule has 0 spiro atoms. The van der Waals surface area contributed by atoms with Gasteiger partial charge < -0.3 is 10.2 Å². The van der Waals surface area contributed by atoms with Crippen LogP contribution in [0, 0.1) is 17.0 Å². The number of likely N-dealkylation sites (tertiary alicyclic amines) is 1. The Bertz CT molecular complexity index is 456. The maximum atomic E-state index is 10.9. The monoisotopic (exact) mass is 277 g/mol. The quantitative estimate of drug-likeness (QED) is 0.493. The molecule has 20 heavy (non-hydrogen) atoms. The number of hydrogen-bond donors (Lipinski definition) is 1. The van der Waals surface area contributed by atoms with E-state index in [9.17, 15) is 10.1 Å². The smallest absolute Gasteiger partial charge is 0.272 e. The van der Waals surface area contributed by atoms with E-state index in [1.807, 2.05) is 12.1 Å². The van der Waals surface area contributed by atoms with Crippen molar-refractivity contribution in [2.24, 2.45) is 0 Å². The lowest BCUT2D eigenvalue weighted by molar-refractivity contribution is -0.385. The number of piperidine rings is 1. The highest BCUT2D eigenvalue weighted by molar-refractivity contribution is 5.42. The van der Waals surface area contributed by atoms with Gasteiger partial charge in [-0.05, 0) is 38.4 Å². The first-order chi connectivity index (χ1) is 9.66. The molecular formula is C15H23N3O2. The summed E-state index contributed by atoms with van der Waals surface area (Å²) in [6, 6.07) is 5.44. The molecule has 0 unspecified atom stereocenters. The minimum Gasteiger partial charge on any atom is -0.311 e. The molecule has 0 atom stereocenters. The van der Waals surface area contributed by atoms with Crippen molar-refractivity contribution in [3.63, 3.8) is 0 Å². The van der Waals surface area contributed by atoms with E-state index >= 15 is 0 Å². The molecule has 1 aliphatic heterocycles. The van der Waals surface area contributed by atoms with Crippen LogP contribution >= 0.6 is 0 Å². The van der Waals surface area contributed by atoms with Crippen molar-refractivity contribution in [2.75, 3.05) is 26.2 Å². The van der Waals surface area contributed by atoms with Gasteiger partial charge in [0, 0.05) is 31.3 Å². The Labute approximate surface area is 120 Å². The van der Waals surface area contributed by atoms with Gasteiger partial charge in [0.1, 0.15) is 0 Å². The summed E-state index contributed by atoms with van der Waals surface area (Å²) >= 11 is 0. The van der Waals surface area contributed by atoms with Gasteiger partial charge in [0.2, 0.25) is 0 Å². The number of benzene rings is 1. The number of hydrogen-bond acceptors (Lipinski definition) is 4. The summed E-state index contributed by atoms with van der Waals surface area (Å²) in [5.41, 5.74) is 1.90. The van der Waals surface area contributed by atoms with E-state index in [1.165, 1.54) is 32.4 Å². The van der Waals surface area contributed by atoms with Crippen molar-refractivity contribution in [1.82, 2.24) is 10.2 Å². The Morgan fingerprint density at radius 2 is 2.05 bits per heavy atom. The minimum atomic E-state index is -0.313. The van der Waals surface area contributed by atoms with Crippen LogP contribution in [0.5, 0.6) is 0 Å². The van der Waals surface area contributed by atoms with Crippen molar-refractivity contribution in [1.29, 1.82) is 0 Å². The minimum absolute atomic E-state index is 0.209. The molecule has 110 valence electrons. The van der Waals surface area contributed by atoms with Crippen LogP contribution in [0.1, 0.15) is 30.4 Å². The average molecular weight is 277 g/mol. The Hall–Kier alpha value is -1.46. The Morgan fingerprint density at radius 1 is 1.30 bits per heavy atom. The fourth-order valence-electron chi connectivity index (χ4n) is 2.61. The number of nitrogens with one attached hydrogen (secondary N) is 1. The second-order valence-corrected chi connectivity index (χ2v) is 5.46. The van der Waals surface area contributed by atoms with Crippen LogP contribution < -0.4 is 5.32 Å². The molecule has 0 saturated carbocycles. The maximum absolute atomic E-state index is 10.9. The van der Waals surface area contributed by atoms with Gasteiger partial charge in [0.05, 0.1) is 4.92 Å². The topological polar surface area (TPSA) is 58.4 Å². The lowest BCUT2D eigenvalue weighted by atomic mass is 10.1. The fourth-order valence-corrected chi connectivity index (χ4v) is 2.61. The highest BCUT2D eigenvalue weighted by atomic mass is 16.6. The summed E-state index contributed by atoms with van der Waals surface area (Å²) in [7, 11) is 0. The van der Waals surface area contributed by atoms with E-state index in [0.717, 1.165) is 18.7 Å². The molecule has 5 nitrogen and oxygen atoms in total. The van der Waals surface area contributed by atoms with Crippen molar-refractivity contribution >= 4 is 5.69 Å². The molecule has 0 radical (unpaired) electrons. The standard InChI is InChI=1S/C15H23N3O2/c1-13-5-6-14(11-15(13)18(19)20)12-16-7-10-17-8-3-2-4-9-17/h5-6,11,16H,2-4,7-10,12H2,1H3. The largest absolute Gasteiger partial charge is 0.311 e. The number of nitrogens with zero attached hydrogens (tertiary/aromatic N) is 2. The van der Waals surface area contributed by atoms with Crippen LogP contribution in [0.25, 0.3) is 0 Å². The normalized spacial score (nSPS) is 16.2. The van der Waals surface area contributed by atoms with Gasteiger partial charge in [-0.2, -0.15) is 0 Å². The van der Waals surface area contributed by atoms with E-state index in [0.29, 0.717) is 12.1 Å². The van der Waals surface area contributed by atoms with Crippen LogP contribution in [-0.2, 0) is 6.54 Å². The second kappa shape index (κ2) is 7.36. The van der Waals surface area contributed by atoms with Crippen molar-refractivity contribution < 1.29 is 4.92 Å². The molecular weight excluding hydrogens is 254 g/mol. The van der Waals surface area contributed by atoms with E-state index in [1.54, 1.807) is 13.0 Å². The SMILES string of the molecule is Cc1ccc(CNCCN2CCCCC2)cc1[N+](=O)[O-]. The van der Waals surface area contributed by atoms with Gasteiger partial charge in [-0.15, -0.1) is 0 Å². The molecule has 0 bridgehead atoms. The van der Waals surface area contributed by atoms with Gasteiger partial charge in [-0.1, -0.05) is 18.6 Å². The molecule has 1 heterocycles. The maximum Gasteiger partial charge on any atom is 0.272 e. The van der Waals surface area contributed by atoms with E-state index in [2.05, 4.69) is 10.2 Å². The van der Waals surface area contributed by atoms with Gasteiger partial charge in [-0.3, -0.25) is 10.1 Å². The first-order valence-electron chi connectivity index (χ1n) is 7.34. The average Bonchev–Trinajstić information content (AvgIpc) is 2.46. The lowest BCUT2D eigenvalue weighted by Crippen LogP contribution is -2.35. The molecule has 1 fully saturated rings. The molecule has 0 amide bonds. The molecule has 2 rings (SSSR count). The van der Waals surface area contributed by atoms with Gasteiger partial charge in [-0.25, -0.2) is 0 Å². The first kappa shape index (κ1) is 14.9. The summed E-state index contributed by atoms with van der Waals surface area (Å²) < 4.78 is 0. The number of rotatable bonds is 6. The Morgan fingerprint density at radius 3 is 2.75 bits per heavy atom. The van der Waals surface area contributed by atoms with Crippen LogP contribution in [-0.4, -0.2) is 36.0 Å². The molecule has 1 aromatic rings. The Kier molecular flexibility index (Phi) is 5.49. The number of aryl methyl sites for hydroxylation is 1. The van der Waals surface area contributed by atoms with E-state index in [4.69, 9.17) is 0 Å². The molecule has 1 aromatic carbocycles. The third-order valence-electron chi connectivity index (χ3n) is 3.85. The zero-order chi connectivity index (χ0) is 14.4. The third kappa shape index (κ3) is 4.28. The van der Waals surface area contributed by atoms with Gasteiger partial charge >= 0.3 is 0 Å². The summed E-state index contributed by atoms with van der Waals surface area (Å²) in [5.74, 6) is 0. The molecule has 1 aliphatic rings. The summed E-state index contributed by atoms with van der Waals surface area (Å²) in [5, 5.41) is 14.3. The van der Waals surface area contributed by atoms with Gasteiger partial charge in [0.25, 0.3) is 5.69 Å². The molecule has 5 heteroatoms. The molecule has 1 saturated heterocycles. The Balaban J connectivity index is 1.76. The third-order valence-corrected chi connectivity index (χ3v) is 3.85. The molecule has 1 N–H and O–H groups in total. The summed E-state index contributed by atoms with van der Waals surface area (Å²) in [6.45, 7) is 6.87. The lowest BCUT2D eigenvalue weighted by Gasteiger charge is -2.26. The highest BCUT2D eigenvalue weighted by Gasteiger charge is 2.11. The number of nitro benzene ring substituents is 1. The van der Waals surface area contributed by atoms with Crippen LogP contribution in [0.2, 0.25) is 0 Å². The highest BCUT2D eigenvalue weighted by Crippen LogP contribution is 2.19. The zero-order valence-electron chi connectivity index (χ0n) is 12.1. The van der Waals surface area contributed by atoms with Gasteiger partial charge in [0.15, 0.2) is 0 Å². The number of nitro groups is 1. The fraction of sp³-hybridized carbons (Fsp3) is 0.600. The van der Waals surface area contributed by atoms with Crippen molar-refractivity contribution in [2.45, 2.75) is 32.7 Å². The summed E-state index contributed by atoms with van der Waals surface area (Å²) in [6.07, 6.45) is 3.98. The van der Waals surface area contributed by atoms with E-state index in [-0.39, 0.29) is 10.6 Å². The van der Waals surface area contributed by atoms with Crippen LogP contribution in [0.3, 0.4) is 0 Å². The zero-order valence-corrected chi connectivity index (χ0v) is 12.1. The van der Waals surface area contributed by atoms with Crippen molar-refractivity contribution in [3.05, 3.63) is 39.4 Å². The van der Waals surface area contributed by atoms with Crippen molar-refractivity contribution in [3.8, 4) is 0 Å². The van der Waals surface area contributed by atoms with Crippen LogP contribution in [0.4, 0.5) is 5.69 Å². The molecule has 0 aromatic heterocycles. The predicted molar refractivity (Wildman–Crippen MR) is 79.8 cm³/mol. The molecule has 0 aliphatic carbocycles. The predicted octanol–water partition coefficient (Wildman–Crippen LogP) is 2.48. The van der Waals surface area contributed by atoms with E-state index < -0.39 is 0 Å². The first-order valence-corrected chi connectivity index (χ1v) is 7.34.